The van der Waals surface area contributed by atoms with E-state index < -0.39 is 10.0 Å². The molecule has 0 fully saturated rings. The minimum atomic E-state index is -3.48. The summed E-state index contributed by atoms with van der Waals surface area (Å²) < 4.78 is 26.4. The summed E-state index contributed by atoms with van der Waals surface area (Å²) in [7, 11) is -0.395. The maximum atomic E-state index is 12.5. The summed E-state index contributed by atoms with van der Waals surface area (Å²) in [5.41, 5.74) is 0.871. The summed E-state index contributed by atoms with van der Waals surface area (Å²) >= 11 is 0. The van der Waals surface area contributed by atoms with E-state index in [-0.39, 0.29) is 35.8 Å². The van der Waals surface area contributed by atoms with Gasteiger partial charge in [-0.2, -0.15) is 4.31 Å². The minimum absolute atomic E-state index is 0.00328. The van der Waals surface area contributed by atoms with E-state index in [0.717, 1.165) is 5.56 Å². The lowest BCUT2D eigenvalue weighted by Crippen LogP contribution is -2.41. The lowest BCUT2D eigenvalue weighted by Gasteiger charge is -2.20. The van der Waals surface area contributed by atoms with Crippen LogP contribution in [0.4, 0.5) is 0 Å². The molecule has 2 amide bonds. The van der Waals surface area contributed by atoms with Gasteiger partial charge in [0, 0.05) is 33.2 Å². The third kappa shape index (κ3) is 6.30. The van der Waals surface area contributed by atoms with Crippen LogP contribution in [-0.4, -0.2) is 69.7 Å². The van der Waals surface area contributed by atoms with E-state index in [1.165, 1.54) is 16.3 Å². The fourth-order valence-corrected chi connectivity index (χ4v) is 3.97. The fraction of sp³-hybridized carbons (Fsp3) is 0.556. The highest BCUT2D eigenvalue weighted by Gasteiger charge is 2.21. The molecule has 0 aliphatic heterocycles. The van der Waals surface area contributed by atoms with E-state index in [1.807, 2.05) is 6.92 Å². The molecule has 1 rings (SSSR count). The van der Waals surface area contributed by atoms with Crippen molar-refractivity contribution >= 4 is 21.8 Å². The topological polar surface area (TPSA) is 98.8 Å². The van der Waals surface area contributed by atoms with Crippen molar-refractivity contribution in [2.24, 2.45) is 0 Å². The Morgan fingerprint density at radius 3 is 2.15 bits per heavy atom. The van der Waals surface area contributed by atoms with Gasteiger partial charge in [0.1, 0.15) is 0 Å². The van der Waals surface area contributed by atoms with Crippen LogP contribution in [0.15, 0.2) is 29.2 Å². The van der Waals surface area contributed by atoms with Crippen LogP contribution >= 0.6 is 0 Å². The van der Waals surface area contributed by atoms with Gasteiger partial charge in [-0.3, -0.25) is 9.59 Å². The summed E-state index contributed by atoms with van der Waals surface area (Å²) in [6.45, 7) is 6.42. The Labute approximate surface area is 162 Å². The van der Waals surface area contributed by atoms with Gasteiger partial charge in [0.25, 0.3) is 0 Å². The monoisotopic (exact) mass is 398 g/mol. The van der Waals surface area contributed by atoms with Crippen LogP contribution in [0.1, 0.15) is 32.4 Å². The van der Waals surface area contributed by atoms with Crippen LogP contribution in [0.2, 0.25) is 0 Å². The van der Waals surface area contributed by atoms with E-state index in [9.17, 15) is 18.0 Å². The number of sulfonamides is 1. The Morgan fingerprint density at radius 1 is 1.11 bits per heavy atom. The lowest BCUT2D eigenvalue weighted by atomic mass is 10.1. The first kappa shape index (κ1) is 23.1. The second-order valence-electron chi connectivity index (χ2n) is 6.18. The molecule has 27 heavy (non-hydrogen) atoms. The van der Waals surface area contributed by atoms with Gasteiger partial charge in [-0.15, -0.1) is 0 Å². The van der Waals surface area contributed by atoms with Crippen molar-refractivity contribution < 1.29 is 18.0 Å². The average molecular weight is 399 g/mol. The zero-order valence-electron chi connectivity index (χ0n) is 16.7. The summed E-state index contributed by atoms with van der Waals surface area (Å²) in [6, 6.07) is 6.51. The molecule has 152 valence electrons. The largest absolute Gasteiger partial charge is 0.358 e. The van der Waals surface area contributed by atoms with Crippen molar-refractivity contribution in [3.8, 4) is 0 Å². The standard InChI is InChI=1S/C18H30N4O4S/c1-6-22(7-2)27(25,26)16-10-8-15(9-11-16)14(3)20-12-18(24)21(5)13-17(23)19-4/h8-11,14,20H,6-7,12-13H2,1-5H3,(H,19,23)/t14-/m1/s1. The third-order valence-corrected chi connectivity index (χ3v) is 6.43. The van der Waals surface area contributed by atoms with Crippen molar-refractivity contribution in [2.75, 3.05) is 40.3 Å². The van der Waals surface area contributed by atoms with Crippen molar-refractivity contribution in [1.82, 2.24) is 19.8 Å². The zero-order valence-corrected chi connectivity index (χ0v) is 17.5. The van der Waals surface area contributed by atoms with E-state index in [0.29, 0.717) is 13.1 Å². The lowest BCUT2D eigenvalue weighted by molar-refractivity contribution is -0.133. The number of hydrogen-bond donors (Lipinski definition) is 2. The van der Waals surface area contributed by atoms with Crippen LogP contribution in [0, 0.1) is 0 Å². The summed E-state index contributed by atoms with van der Waals surface area (Å²) in [6.07, 6.45) is 0. The van der Waals surface area contributed by atoms with Crippen LogP contribution in [0.25, 0.3) is 0 Å². The molecule has 0 saturated carbocycles. The molecule has 0 radical (unpaired) electrons. The number of amides is 2. The molecule has 0 aromatic heterocycles. The third-order valence-electron chi connectivity index (χ3n) is 4.37. The van der Waals surface area contributed by atoms with Gasteiger partial charge in [0.2, 0.25) is 21.8 Å². The highest BCUT2D eigenvalue weighted by molar-refractivity contribution is 7.89. The first-order chi connectivity index (χ1) is 12.7. The van der Waals surface area contributed by atoms with Crippen molar-refractivity contribution in [2.45, 2.75) is 31.7 Å². The predicted octanol–water partition coefficient (Wildman–Crippen LogP) is 0.572. The zero-order chi connectivity index (χ0) is 20.6. The van der Waals surface area contributed by atoms with E-state index in [4.69, 9.17) is 0 Å². The molecule has 1 atom stereocenters. The average Bonchev–Trinajstić information content (AvgIpc) is 2.66. The normalized spacial score (nSPS) is 12.7. The molecule has 0 aliphatic carbocycles. The van der Waals surface area contributed by atoms with Crippen LogP contribution in [0.5, 0.6) is 0 Å². The van der Waals surface area contributed by atoms with Gasteiger partial charge < -0.3 is 15.5 Å². The van der Waals surface area contributed by atoms with Crippen LogP contribution in [0.3, 0.4) is 0 Å². The number of benzene rings is 1. The summed E-state index contributed by atoms with van der Waals surface area (Å²) in [5.74, 6) is -0.435. The number of carbonyl (C=O) groups is 2. The van der Waals surface area contributed by atoms with Gasteiger partial charge in [-0.1, -0.05) is 26.0 Å². The van der Waals surface area contributed by atoms with Crippen molar-refractivity contribution in [1.29, 1.82) is 0 Å². The SMILES string of the molecule is CCN(CC)S(=O)(=O)c1ccc([C@@H](C)NCC(=O)N(C)CC(=O)NC)cc1. The van der Waals surface area contributed by atoms with Crippen molar-refractivity contribution in [3.05, 3.63) is 29.8 Å². The smallest absolute Gasteiger partial charge is 0.243 e. The molecular formula is C18H30N4O4S. The molecule has 0 heterocycles. The molecule has 8 nitrogen and oxygen atoms in total. The molecule has 1 aromatic carbocycles. The molecule has 0 spiro atoms. The maximum Gasteiger partial charge on any atom is 0.243 e. The number of likely N-dealkylation sites (N-methyl/N-ethyl adjacent to an activating group) is 2. The number of nitrogens with zero attached hydrogens (tertiary/aromatic N) is 2. The summed E-state index contributed by atoms with van der Waals surface area (Å²) in [5, 5.41) is 5.56. The highest BCUT2D eigenvalue weighted by Crippen LogP contribution is 2.19. The van der Waals surface area contributed by atoms with Gasteiger partial charge in [-0.05, 0) is 24.6 Å². The highest BCUT2D eigenvalue weighted by atomic mass is 32.2. The van der Waals surface area contributed by atoms with Crippen molar-refractivity contribution in [3.63, 3.8) is 0 Å². The van der Waals surface area contributed by atoms with Crippen LogP contribution < -0.4 is 10.6 Å². The molecule has 1 aromatic rings. The Hall–Kier alpha value is -1.97. The maximum absolute atomic E-state index is 12.5. The van der Waals surface area contributed by atoms with E-state index in [1.54, 1.807) is 45.2 Å². The van der Waals surface area contributed by atoms with Gasteiger partial charge in [0.15, 0.2) is 0 Å². The molecule has 9 heteroatoms. The number of rotatable bonds is 10. The van der Waals surface area contributed by atoms with E-state index in [2.05, 4.69) is 10.6 Å². The van der Waals surface area contributed by atoms with Crippen LogP contribution in [-0.2, 0) is 19.6 Å². The van der Waals surface area contributed by atoms with Gasteiger partial charge in [-0.25, -0.2) is 8.42 Å². The molecular weight excluding hydrogens is 368 g/mol. The Kier molecular flexibility index (Phi) is 8.87. The van der Waals surface area contributed by atoms with Gasteiger partial charge >= 0.3 is 0 Å². The Balaban J connectivity index is 2.71. The number of hydrogen-bond acceptors (Lipinski definition) is 5. The first-order valence-corrected chi connectivity index (χ1v) is 10.4. The Bertz CT molecular complexity index is 730. The summed E-state index contributed by atoms with van der Waals surface area (Å²) in [4.78, 5) is 25.0. The minimum Gasteiger partial charge on any atom is -0.358 e. The molecule has 0 saturated heterocycles. The molecule has 0 bridgehead atoms. The first-order valence-electron chi connectivity index (χ1n) is 8.95. The molecule has 0 unspecified atom stereocenters. The second kappa shape index (κ2) is 10.4. The predicted molar refractivity (Wildman–Crippen MR) is 105 cm³/mol. The van der Waals surface area contributed by atoms with Gasteiger partial charge in [0.05, 0.1) is 18.0 Å². The molecule has 2 N–H and O–H groups in total. The number of carbonyl (C=O) groups excluding carboxylic acids is 2. The number of nitrogens with one attached hydrogen (secondary N) is 2. The van der Waals surface area contributed by atoms with E-state index >= 15 is 0 Å². The fourth-order valence-electron chi connectivity index (χ4n) is 2.52. The second-order valence-corrected chi connectivity index (χ2v) is 8.12. The molecule has 0 aliphatic rings. The quantitative estimate of drug-likeness (QED) is 0.600. The Morgan fingerprint density at radius 2 is 1.67 bits per heavy atom.